The van der Waals surface area contributed by atoms with Gasteiger partial charge in [-0.1, -0.05) is 31.0 Å². The predicted molar refractivity (Wildman–Crippen MR) is 69.5 cm³/mol. The summed E-state index contributed by atoms with van der Waals surface area (Å²) in [6.07, 6.45) is 1.80. The number of nitro groups is 1. The number of nitrogens with two attached hydrogens (primary N) is 1. The maximum atomic E-state index is 10.9. The van der Waals surface area contributed by atoms with E-state index in [1.54, 1.807) is 12.1 Å². The van der Waals surface area contributed by atoms with Crippen LogP contribution < -0.4 is 11.1 Å². The van der Waals surface area contributed by atoms with Crippen molar-refractivity contribution in [2.24, 2.45) is 5.73 Å². The van der Waals surface area contributed by atoms with Gasteiger partial charge < -0.3 is 11.1 Å². The number of rotatable bonds is 6. The van der Waals surface area contributed by atoms with Gasteiger partial charge in [0.25, 0.3) is 5.69 Å². The van der Waals surface area contributed by atoms with Crippen LogP contribution in [0.1, 0.15) is 19.8 Å². The molecule has 0 aliphatic carbocycles. The molecule has 0 aromatic heterocycles. The van der Waals surface area contributed by atoms with Crippen LogP contribution in [0.4, 0.5) is 11.4 Å². The number of nitro benzene ring substituents is 1. The SMILES string of the molecule is CCCC(CN)Nc1c(Cl)cccc1[N+](=O)[O-]. The average molecular weight is 258 g/mol. The monoisotopic (exact) mass is 257 g/mol. The number of para-hydroxylation sites is 1. The van der Waals surface area contributed by atoms with Crippen LogP contribution in [0.5, 0.6) is 0 Å². The quantitative estimate of drug-likeness (QED) is 0.606. The van der Waals surface area contributed by atoms with Crippen molar-refractivity contribution in [3.8, 4) is 0 Å². The Bertz CT molecular complexity index is 398. The predicted octanol–water partition coefficient (Wildman–Crippen LogP) is 2.79. The van der Waals surface area contributed by atoms with Crippen molar-refractivity contribution in [3.63, 3.8) is 0 Å². The molecule has 0 aliphatic rings. The first-order valence-corrected chi connectivity index (χ1v) is 5.87. The summed E-state index contributed by atoms with van der Waals surface area (Å²) in [5.41, 5.74) is 5.94. The van der Waals surface area contributed by atoms with Crippen molar-refractivity contribution in [3.05, 3.63) is 33.3 Å². The molecule has 17 heavy (non-hydrogen) atoms. The standard InChI is InChI=1S/C11H16ClN3O2/c1-2-4-8(7-13)14-11-9(12)5-3-6-10(11)15(16)17/h3,5-6,8,14H,2,4,7,13H2,1H3. The lowest BCUT2D eigenvalue weighted by atomic mass is 10.1. The van der Waals surface area contributed by atoms with Crippen molar-refractivity contribution in [1.29, 1.82) is 0 Å². The fraction of sp³-hybridized carbons (Fsp3) is 0.455. The highest BCUT2D eigenvalue weighted by atomic mass is 35.5. The third-order valence-electron chi connectivity index (χ3n) is 2.46. The molecule has 1 atom stereocenters. The Morgan fingerprint density at radius 1 is 1.59 bits per heavy atom. The lowest BCUT2D eigenvalue weighted by Gasteiger charge is -2.18. The van der Waals surface area contributed by atoms with E-state index >= 15 is 0 Å². The first-order valence-electron chi connectivity index (χ1n) is 5.49. The summed E-state index contributed by atoms with van der Waals surface area (Å²) in [6, 6.07) is 4.60. The van der Waals surface area contributed by atoms with E-state index in [-0.39, 0.29) is 11.7 Å². The van der Waals surface area contributed by atoms with Crippen LogP contribution in [-0.2, 0) is 0 Å². The molecule has 3 N–H and O–H groups in total. The van der Waals surface area contributed by atoms with Crippen LogP contribution in [0.15, 0.2) is 18.2 Å². The van der Waals surface area contributed by atoms with Gasteiger partial charge in [-0.2, -0.15) is 0 Å². The smallest absolute Gasteiger partial charge is 0.293 e. The van der Waals surface area contributed by atoms with Gasteiger partial charge in [-0.3, -0.25) is 10.1 Å². The molecule has 1 rings (SSSR count). The maximum absolute atomic E-state index is 10.9. The Hall–Kier alpha value is -1.33. The molecule has 0 amide bonds. The van der Waals surface area contributed by atoms with Crippen LogP contribution >= 0.6 is 11.6 Å². The second-order valence-corrected chi connectivity index (χ2v) is 4.16. The Morgan fingerprint density at radius 2 is 2.29 bits per heavy atom. The van der Waals surface area contributed by atoms with E-state index < -0.39 is 4.92 Å². The normalized spacial score (nSPS) is 12.2. The molecule has 94 valence electrons. The zero-order chi connectivity index (χ0) is 12.8. The van der Waals surface area contributed by atoms with Gasteiger partial charge in [0.15, 0.2) is 0 Å². The number of benzene rings is 1. The van der Waals surface area contributed by atoms with Gasteiger partial charge in [0.2, 0.25) is 0 Å². The maximum Gasteiger partial charge on any atom is 0.293 e. The second-order valence-electron chi connectivity index (χ2n) is 3.76. The summed E-state index contributed by atoms with van der Waals surface area (Å²) in [6.45, 7) is 2.45. The van der Waals surface area contributed by atoms with Crippen molar-refractivity contribution >= 4 is 23.0 Å². The van der Waals surface area contributed by atoms with Crippen molar-refractivity contribution in [2.75, 3.05) is 11.9 Å². The van der Waals surface area contributed by atoms with E-state index in [9.17, 15) is 10.1 Å². The van der Waals surface area contributed by atoms with Crippen LogP contribution in [0.3, 0.4) is 0 Å². The van der Waals surface area contributed by atoms with E-state index in [0.29, 0.717) is 17.3 Å². The van der Waals surface area contributed by atoms with E-state index in [2.05, 4.69) is 5.32 Å². The molecule has 1 unspecified atom stereocenters. The molecule has 1 aromatic rings. The highest BCUT2D eigenvalue weighted by Crippen LogP contribution is 2.32. The van der Waals surface area contributed by atoms with E-state index in [1.807, 2.05) is 6.92 Å². The number of halogens is 1. The lowest BCUT2D eigenvalue weighted by Crippen LogP contribution is -2.29. The Morgan fingerprint density at radius 3 is 2.82 bits per heavy atom. The van der Waals surface area contributed by atoms with E-state index in [4.69, 9.17) is 17.3 Å². The first kappa shape index (κ1) is 13.7. The zero-order valence-electron chi connectivity index (χ0n) is 9.65. The molecule has 5 nitrogen and oxygen atoms in total. The minimum Gasteiger partial charge on any atom is -0.374 e. The van der Waals surface area contributed by atoms with Crippen molar-refractivity contribution < 1.29 is 4.92 Å². The molecule has 0 aliphatic heterocycles. The first-order chi connectivity index (χ1) is 8.10. The minimum absolute atomic E-state index is 0.00130. The molecule has 0 fully saturated rings. The molecular formula is C11H16ClN3O2. The molecule has 6 heteroatoms. The largest absolute Gasteiger partial charge is 0.374 e. The van der Waals surface area contributed by atoms with Gasteiger partial charge in [0, 0.05) is 18.7 Å². The lowest BCUT2D eigenvalue weighted by molar-refractivity contribution is -0.384. The summed E-state index contributed by atoms with van der Waals surface area (Å²) in [5, 5.41) is 14.3. The van der Waals surface area contributed by atoms with Crippen molar-refractivity contribution in [1.82, 2.24) is 0 Å². The number of hydrogen-bond acceptors (Lipinski definition) is 4. The van der Waals surface area contributed by atoms with Crippen LogP contribution in [0.25, 0.3) is 0 Å². The number of hydrogen-bond donors (Lipinski definition) is 2. The van der Waals surface area contributed by atoms with Gasteiger partial charge in [0.05, 0.1) is 9.95 Å². The molecule has 1 aromatic carbocycles. The highest BCUT2D eigenvalue weighted by Gasteiger charge is 2.18. The second kappa shape index (κ2) is 6.42. The number of nitrogens with zero attached hydrogens (tertiary/aromatic N) is 1. The molecule has 0 heterocycles. The average Bonchev–Trinajstić information content (AvgIpc) is 2.30. The zero-order valence-corrected chi connectivity index (χ0v) is 10.4. The third kappa shape index (κ3) is 3.57. The Kier molecular flexibility index (Phi) is 5.18. The number of nitrogens with one attached hydrogen (secondary N) is 1. The Labute approximate surface area is 105 Å². The molecular weight excluding hydrogens is 242 g/mol. The van der Waals surface area contributed by atoms with Gasteiger partial charge in [-0.05, 0) is 12.5 Å². The topological polar surface area (TPSA) is 81.2 Å². The fourth-order valence-corrected chi connectivity index (χ4v) is 1.83. The van der Waals surface area contributed by atoms with Crippen LogP contribution in [0.2, 0.25) is 5.02 Å². The van der Waals surface area contributed by atoms with Crippen LogP contribution in [0, 0.1) is 10.1 Å². The fourth-order valence-electron chi connectivity index (χ4n) is 1.61. The molecule has 0 saturated heterocycles. The van der Waals surface area contributed by atoms with E-state index in [1.165, 1.54) is 6.07 Å². The van der Waals surface area contributed by atoms with Crippen molar-refractivity contribution in [2.45, 2.75) is 25.8 Å². The summed E-state index contributed by atoms with van der Waals surface area (Å²) >= 11 is 5.97. The number of anilines is 1. The van der Waals surface area contributed by atoms with E-state index in [0.717, 1.165) is 12.8 Å². The Balaban J connectivity index is 2.99. The van der Waals surface area contributed by atoms with Gasteiger partial charge in [-0.15, -0.1) is 0 Å². The molecule has 0 saturated carbocycles. The summed E-state index contributed by atoms with van der Waals surface area (Å²) < 4.78 is 0. The third-order valence-corrected chi connectivity index (χ3v) is 2.77. The minimum atomic E-state index is -0.451. The molecule has 0 spiro atoms. The summed E-state index contributed by atoms with van der Waals surface area (Å²) in [7, 11) is 0. The van der Waals surface area contributed by atoms with Gasteiger partial charge >= 0.3 is 0 Å². The molecule has 0 bridgehead atoms. The van der Waals surface area contributed by atoms with Gasteiger partial charge in [0.1, 0.15) is 5.69 Å². The highest BCUT2D eigenvalue weighted by molar-refractivity contribution is 6.33. The van der Waals surface area contributed by atoms with Gasteiger partial charge in [-0.25, -0.2) is 0 Å². The summed E-state index contributed by atoms with van der Waals surface area (Å²) in [4.78, 5) is 10.4. The van der Waals surface area contributed by atoms with Crippen LogP contribution in [-0.4, -0.2) is 17.5 Å². The molecule has 0 radical (unpaired) electrons. The summed E-state index contributed by atoms with van der Waals surface area (Å²) in [5.74, 6) is 0.